The van der Waals surface area contributed by atoms with Crippen LogP contribution in [0.5, 0.6) is 5.75 Å². The lowest BCUT2D eigenvalue weighted by Crippen LogP contribution is -2.39. The van der Waals surface area contributed by atoms with Gasteiger partial charge in [0.1, 0.15) is 5.75 Å². The molecule has 0 saturated heterocycles. The summed E-state index contributed by atoms with van der Waals surface area (Å²) in [6.07, 6.45) is 5.78. The summed E-state index contributed by atoms with van der Waals surface area (Å²) in [4.78, 5) is 4.24. The second-order valence-corrected chi connectivity index (χ2v) is 5.30. The zero-order valence-electron chi connectivity index (χ0n) is 14.5. The molecule has 0 amide bonds. The number of aliphatic imine (C=N–C) groups is 1. The van der Waals surface area contributed by atoms with E-state index in [0.717, 1.165) is 37.6 Å². The van der Waals surface area contributed by atoms with Crippen LogP contribution in [0.3, 0.4) is 0 Å². The van der Waals surface area contributed by atoms with Crippen molar-refractivity contribution in [2.45, 2.75) is 12.8 Å². The highest BCUT2D eigenvalue weighted by molar-refractivity contribution is 14.0. The topological polar surface area (TPSA) is 63.5 Å². The molecule has 0 aliphatic rings. The van der Waals surface area contributed by atoms with Gasteiger partial charge < -0.3 is 15.4 Å². The normalized spacial score (nSPS) is 10.9. The number of ether oxygens (including phenoxy) is 1. The average Bonchev–Trinajstić information content (AvgIpc) is 2.99. The third kappa shape index (κ3) is 6.77. The Kier molecular flexibility index (Phi) is 9.21. The molecular formula is C17H26IN5O. The van der Waals surface area contributed by atoms with E-state index in [-0.39, 0.29) is 24.0 Å². The molecule has 1 heterocycles. The second kappa shape index (κ2) is 10.9. The van der Waals surface area contributed by atoms with Gasteiger partial charge in [-0.2, -0.15) is 5.10 Å². The van der Waals surface area contributed by atoms with Crippen molar-refractivity contribution in [3.63, 3.8) is 0 Å². The van der Waals surface area contributed by atoms with Gasteiger partial charge in [-0.05, 0) is 36.1 Å². The highest BCUT2D eigenvalue weighted by Crippen LogP contribution is 2.11. The Hall–Kier alpha value is -1.77. The zero-order valence-corrected chi connectivity index (χ0v) is 16.8. The minimum atomic E-state index is 0. The minimum absolute atomic E-state index is 0. The van der Waals surface area contributed by atoms with E-state index in [0.29, 0.717) is 0 Å². The Labute approximate surface area is 160 Å². The summed E-state index contributed by atoms with van der Waals surface area (Å²) in [5, 5.41) is 10.8. The Balaban J connectivity index is 0.00000288. The largest absolute Gasteiger partial charge is 0.497 e. The monoisotopic (exact) mass is 443 g/mol. The molecule has 24 heavy (non-hydrogen) atoms. The number of aryl methyl sites for hydroxylation is 1. The van der Waals surface area contributed by atoms with Gasteiger partial charge in [-0.25, -0.2) is 0 Å². The van der Waals surface area contributed by atoms with Gasteiger partial charge >= 0.3 is 0 Å². The molecule has 0 atom stereocenters. The fraction of sp³-hybridized carbons (Fsp3) is 0.412. The Bertz CT molecular complexity index is 624. The number of guanidine groups is 1. The fourth-order valence-electron chi connectivity index (χ4n) is 2.26. The van der Waals surface area contributed by atoms with Gasteiger partial charge in [0.2, 0.25) is 0 Å². The maximum absolute atomic E-state index is 5.16. The molecule has 1 aromatic carbocycles. The predicted octanol–water partition coefficient (Wildman–Crippen LogP) is 2.00. The van der Waals surface area contributed by atoms with Gasteiger partial charge in [0.05, 0.1) is 13.3 Å². The highest BCUT2D eigenvalue weighted by Gasteiger charge is 2.00. The summed E-state index contributed by atoms with van der Waals surface area (Å²) in [5.41, 5.74) is 2.48. The third-order valence-electron chi connectivity index (χ3n) is 3.55. The minimum Gasteiger partial charge on any atom is -0.497 e. The van der Waals surface area contributed by atoms with E-state index in [2.05, 4.69) is 32.9 Å². The first-order valence-electron chi connectivity index (χ1n) is 7.76. The summed E-state index contributed by atoms with van der Waals surface area (Å²) >= 11 is 0. The number of hydrogen-bond acceptors (Lipinski definition) is 3. The molecule has 132 valence electrons. The van der Waals surface area contributed by atoms with Crippen molar-refractivity contribution < 1.29 is 4.74 Å². The van der Waals surface area contributed by atoms with Gasteiger partial charge in [0, 0.05) is 33.4 Å². The summed E-state index contributed by atoms with van der Waals surface area (Å²) in [5.74, 6) is 1.71. The van der Waals surface area contributed by atoms with Gasteiger partial charge in [0.15, 0.2) is 5.96 Å². The average molecular weight is 443 g/mol. The highest BCUT2D eigenvalue weighted by atomic mass is 127. The number of hydrogen-bond donors (Lipinski definition) is 2. The molecule has 2 rings (SSSR count). The summed E-state index contributed by atoms with van der Waals surface area (Å²) in [6.45, 7) is 1.66. The van der Waals surface area contributed by atoms with Gasteiger partial charge in [0.25, 0.3) is 0 Å². The molecule has 2 aromatic rings. The molecule has 0 aliphatic heterocycles. The maximum Gasteiger partial charge on any atom is 0.190 e. The lowest BCUT2D eigenvalue weighted by Gasteiger charge is -2.11. The predicted molar refractivity (Wildman–Crippen MR) is 108 cm³/mol. The molecule has 1 aromatic heterocycles. The number of halogens is 1. The fourth-order valence-corrected chi connectivity index (χ4v) is 2.26. The van der Waals surface area contributed by atoms with E-state index in [1.165, 1.54) is 11.1 Å². The second-order valence-electron chi connectivity index (χ2n) is 5.30. The van der Waals surface area contributed by atoms with Crippen LogP contribution in [0, 0.1) is 0 Å². The summed E-state index contributed by atoms with van der Waals surface area (Å²) in [7, 11) is 5.39. The van der Waals surface area contributed by atoms with E-state index >= 15 is 0 Å². The van der Waals surface area contributed by atoms with Crippen molar-refractivity contribution in [3.8, 4) is 5.75 Å². The van der Waals surface area contributed by atoms with Crippen LogP contribution in [-0.2, 0) is 19.9 Å². The SMILES string of the molecule is CN=C(NCCc1ccc(OC)cc1)NCCc1cnn(C)c1.I. The van der Waals surface area contributed by atoms with Crippen LogP contribution in [0.25, 0.3) is 0 Å². The zero-order chi connectivity index (χ0) is 16.5. The maximum atomic E-state index is 5.16. The Morgan fingerprint density at radius 3 is 2.25 bits per heavy atom. The number of nitrogens with zero attached hydrogens (tertiary/aromatic N) is 3. The molecule has 0 aliphatic carbocycles. The third-order valence-corrected chi connectivity index (χ3v) is 3.55. The molecule has 6 nitrogen and oxygen atoms in total. The Morgan fingerprint density at radius 1 is 1.12 bits per heavy atom. The number of benzene rings is 1. The van der Waals surface area contributed by atoms with Crippen molar-refractivity contribution in [1.82, 2.24) is 20.4 Å². The van der Waals surface area contributed by atoms with E-state index in [4.69, 9.17) is 4.74 Å². The van der Waals surface area contributed by atoms with E-state index in [9.17, 15) is 0 Å². The smallest absolute Gasteiger partial charge is 0.190 e. The van der Waals surface area contributed by atoms with Crippen LogP contribution in [0.4, 0.5) is 0 Å². The molecule has 0 unspecified atom stereocenters. The number of aromatic nitrogens is 2. The number of methoxy groups -OCH3 is 1. The van der Waals surface area contributed by atoms with Crippen molar-refractivity contribution in [3.05, 3.63) is 47.8 Å². The summed E-state index contributed by atoms with van der Waals surface area (Å²) < 4.78 is 6.98. The van der Waals surface area contributed by atoms with Crippen molar-refractivity contribution in [1.29, 1.82) is 0 Å². The van der Waals surface area contributed by atoms with Gasteiger partial charge in [-0.1, -0.05) is 12.1 Å². The molecule has 0 fully saturated rings. The lowest BCUT2D eigenvalue weighted by molar-refractivity contribution is 0.414. The van der Waals surface area contributed by atoms with E-state index in [1.54, 1.807) is 14.2 Å². The molecular weight excluding hydrogens is 417 g/mol. The first-order valence-corrected chi connectivity index (χ1v) is 7.76. The number of nitrogens with one attached hydrogen (secondary N) is 2. The summed E-state index contributed by atoms with van der Waals surface area (Å²) in [6, 6.07) is 8.13. The van der Waals surface area contributed by atoms with Crippen LogP contribution < -0.4 is 15.4 Å². The van der Waals surface area contributed by atoms with E-state index in [1.807, 2.05) is 36.3 Å². The number of rotatable bonds is 7. The quantitative estimate of drug-likeness (QED) is 0.391. The van der Waals surface area contributed by atoms with Gasteiger partial charge in [-0.3, -0.25) is 9.67 Å². The van der Waals surface area contributed by atoms with Gasteiger partial charge in [-0.15, -0.1) is 24.0 Å². The molecule has 7 heteroatoms. The standard InChI is InChI=1S/C17H25N5O.HI/c1-18-17(20-11-9-15-12-21-22(2)13-15)19-10-8-14-4-6-16(23-3)7-5-14;/h4-7,12-13H,8-11H2,1-3H3,(H2,18,19,20);1H. The first kappa shape index (κ1) is 20.3. The lowest BCUT2D eigenvalue weighted by atomic mass is 10.1. The molecule has 0 saturated carbocycles. The van der Waals surface area contributed by atoms with Crippen molar-refractivity contribution >= 4 is 29.9 Å². The van der Waals surface area contributed by atoms with Crippen LogP contribution in [-0.4, -0.2) is 43.0 Å². The van der Waals surface area contributed by atoms with Crippen LogP contribution in [0.2, 0.25) is 0 Å². The van der Waals surface area contributed by atoms with Crippen LogP contribution >= 0.6 is 24.0 Å². The van der Waals surface area contributed by atoms with Crippen molar-refractivity contribution in [2.24, 2.45) is 12.0 Å². The molecule has 0 radical (unpaired) electrons. The first-order chi connectivity index (χ1) is 11.2. The van der Waals surface area contributed by atoms with Crippen molar-refractivity contribution in [2.75, 3.05) is 27.2 Å². The Morgan fingerprint density at radius 2 is 1.75 bits per heavy atom. The molecule has 0 spiro atoms. The van der Waals surface area contributed by atoms with Crippen LogP contribution in [0.15, 0.2) is 41.7 Å². The van der Waals surface area contributed by atoms with Crippen LogP contribution in [0.1, 0.15) is 11.1 Å². The molecule has 2 N–H and O–H groups in total. The molecule has 0 bridgehead atoms. The van der Waals surface area contributed by atoms with E-state index < -0.39 is 0 Å².